The van der Waals surface area contributed by atoms with Crippen molar-refractivity contribution in [1.82, 2.24) is 8.75 Å². The summed E-state index contributed by atoms with van der Waals surface area (Å²) in [6.45, 7) is 0. The lowest BCUT2D eigenvalue weighted by atomic mass is 10.1. The monoisotopic (exact) mass is 429 g/mol. The minimum atomic E-state index is -0.680. The van der Waals surface area contributed by atoms with Gasteiger partial charge in [0.2, 0.25) is 5.91 Å². The molecule has 1 aromatic heterocycles. The summed E-state index contributed by atoms with van der Waals surface area (Å²) in [5.74, 6) is 0.555. The largest absolute Gasteiger partial charge is 0.280 e. The molecule has 0 saturated heterocycles. The van der Waals surface area contributed by atoms with Crippen molar-refractivity contribution in [1.29, 1.82) is 0 Å². The number of hydrogen-bond donors (Lipinski definition) is 1. The van der Waals surface area contributed by atoms with E-state index in [1.165, 1.54) is 11.7 Å². The minimum Gasteiger partial charge on any atom is -0.280 e. The molecule has 0 bridgehead atoms. The van der Waals surface area contributed by atoms with Gasteiger partial charge in [-0.05, 0) is 52.8 Å². The Morgan fingerprint density at radius 2 is 1.57 bits per heavy atom. The number of fused-ring (bicyclic) bond motifs is 1. The average Bonchev–Trinajstić information content (AvgIpc) is 3.45. The van der Waals surface area contributed by atoms with Crippen LogP contribution in [0.1, 0.15) is 5.56 Å². The van der Waals surface area contributed by atoms with Crippen LogP contribution >= 0.6 is 22.6 Å². The highest BCUT2D eigenvalue weighted by molar-refractivity contribution is 8.23. The van der Waals surface area contributed by atoms with E-state index in [0.717, 1.165) is 33.5 Å². The molecule has 0 fully saturated rings. The number of hydrogen-bond acceptors (Lipinski definition) is 4. The van der Waals surface area contributed by atoms with Gasteiger partial charge in [0.25, 0.3) is 0 Å². The second kappa shape index (κ2) is 8.26. The summed E-state index contributed by atoms with van der Waals surface area (Å²) in [7, 11) is -0.680. The highest BCUT2D eigenvalue weighted by Gasteiger charge is 2.21. The zero-order valence-corrected chi connectivity index (χ0v) is 17.8. The summed E-state index contributed by atoms with van der Waals surface area (Å²) >= 11 is 1.23. The highest BCUT2D eigenvalue weighted by Crippen LogP contribution is 2.42. The molecule has 0 radical (unpaired) electrons. The van der Waals surface area contributed by atoms with E-state index in [-0.39, 0.29) is 5.91 Å². The molecule has 4 aromatic rings. The Hall–Kier alpha value is -3.22. The first-order valence-corrected chi connectivity index (χ1v) is 12.0. The van der Waals surface area contributed by atoms with Crippen LogP contribution in [0, 0.1) is 0 Å². The fourth-order valence-corrected chi connectivity index (χ4v) is 5.78. The molecule has 1 atom stereocenters. The summed E-state index contributed by atoms with van der Waals surface area (Å²) in [5, 5.41) is 4.38. The van der Waals surface area contributed by atoms with E-state index in [1.807, 2.05) is 77.7 Å². The third-order valence-corrected chi connectivity index (χ3v) is 7.26. The Morgan fingerprint density at radius 3 is 2.27 bits per heavy atom. The number of nitrogens with zero attached hydrogens (tertiary/aromatic N) is 3. The van der Waals surface area contributed by atoms with E-state index in [4.69, 9.17) is 0 Å². The topological polar surface area (TPSA) is 46.1 Å². The van der Waals surface area contributed by atoms with Crippen molar-refractivity contribution < 1.29 is 4.79 Å². The molecule has 6 heteroatoms. The Kier molecular flexibility index (Phi) is 5.17. The molecule has 3 aromatic carbocycles. The van der Waals surface area contributed by atoms with E-state index in [2.05, 4.69) is 31.7 Å². The van der Waals surface area contributed by atoms with E-state index < -0.39 is 10.9 Å². The van der Waals surface area contributed by atoms with Crippen LogP contribution in [0.3, 0.4) is 0 Å². The lowest BCUT2D eigenvalue weighted by Gasteiger charge is -2.24. The summed E-state index contributed by atoms with van der Waals surface area (Å²) in [6, 6.07) is 25.7. The molecule has 4 nitrogen and oxygen atoms in total. The fourth-order valence-electron chi connectivity index (χ4n) is 3.56. The quantitative estimate of drug-likeness (QED) is 0.400. The number of thiol groups is 1. The molecular weight excluding hydrogens is 410 g/mol. The third-order valence-electron chi connectivity index (χ3n) is 4.94. The van der Waals surface area contributed by atoms with Gasteiger partial charge in [0.15, 0.2) is 0 Å². The molecule has 5 rings (SSSR count). The zero-order chi connectivity index (χ0) is 20.3. The first-order valence-electron chi connectivity index (χ1n) is 9.60. The first kappa shape index (κ1) is 18.8. The van der Waals surface area contributed by atoms with Gasteiger partial charge in [-0.3, -0.25) is 9.69 Å². The van der Waals surface area contributed by atoms with Crippen LogP contribution in [0.4, 0.5) is 11.4 Å². The van der Waals surface area contributed by atoms with Crippen molar-refractivity contribution in [3.05, 3.63) is 101 Å². The molecule has 0 spiro atoms. The highest BCUT2D eigenvalue weighted by atomic mass is 32.2. The molecule has 0 N–H and O–H groups in total. The Bertz CT molecular complexity index is 1210. The van der Waals surface area contributed by atoms with E-state index in [0.29, 0.717) is 5.75 Å². The maximum Gasteiger partial charge on any atom is 0.240 e. The maximum absolute atomic E-state index is 13.4. The van der Waals surface area contributed by atoms with E-state index >= 15 is 0 Å². The predicted octanol–water partition coefficient (Wildman–Crippen LogP) is 5.93. The van der Waals surface area contributed by atoms with Crippen LogP contribution in [0.5, 0.6) is 0 Å². The average molecular weight is 430 g/mol. The Morgan fingerprint density at radius 1 is 0.867 bits per heavy atom. The van der Waals surface area contributed by atoms with Gasteiger partial charge < -0.3 is 0 Å². The molecule has 2 heterocycles. The van der Waals surface area contributed by atoms with Crippen molar-refractivity contribution in [3.63, 3.8) is 0 Å². The molecule has 30 heavy (non-hydrogen) atoms. The lowest BCUT2D eigenvalue weighted by molar-refractivity contribution is -0.115. The molecule has 148 valence electrons. The Balaban J connectivity index is 1.41. The number of benzene rings is 3. The third kappa shape index (κ3) is 3.67. The maximum atomic E-state index is 13.4. The van der Waals surface area contributed by atoms with Crippen molar-refractivity contribution in [2.24, 2.45) is 0 Å². The van der Waals surface area contributed by atoms with Crippen LogP contribution in [-0.2, 0) is 4.79 Å². The van der Waals surface area contributed by atoms with Gasteiger partial charge in [-0.25, -0.2) is 10.9 Å². The van der Waals surface area contributed by atoms with E-state index in [1.54, 1.807) is 0 Å². The van der Waals surface area contributed by atoms with Crippen LogP contribution in [0.15, 0.2) is 95.8 Å². The van der Waals surface area contributed by atoms with E-state index in [9.17, 15) is 4.79 Å². The summed E-state index contributed by atoms with van der Waals surface area (Å²) in [4.78, 5) is 15.2. The van der Waals surface area contributed by atoms with Crippen molar-refractivity contribution in [3.8, 4) is 0 Å². The number of amides is 1. The van der Waals surface area contributed by atoms with Gasteiger partial charge in [0, 0.05) is 16.9 Å². The lowest BCUT2D eigenvalue weighted by Crippen LogP contribution is -2.28. The molecule has 1 aliphatic heterocycles. The van der Waals surface area contributed by atoms with Gasteiger partial charge in [-0.15, -0.1) is 0 Å². The predicted molar refractivity (Wildman–Crippen MR) is 128 cm³/mol. The number of para-hydroxylation sites is 2. The number of aromatic nitrogens is 2. The number of carbonyl (C=O) groups excluding carboxylic acids is 1. The molecule has 1 aliphatic rings. The second-order valence-electron chi connectivity index (χ2n) is 6.91. The molecule has 0 aliphatic carbocycles. The molecule has 1 amide bonds. The van der Waals surface area contributed by atoms with Gasteiger partial charge in [-0.1, -0.05) is 48.5 Å². The van der Waals surface area contributed by atoms with Crippen molar-refractivity contribution in [2.75, 3.05) is 10.7 Å². The normalized spacial score (nSPS) is 16.5. The smallest absolute Gasteiger partial charge is 0.240 e. The SMILES string of the molecule is O=C(C[SH]1C=CC(c2cccc3nsnc23)=C1)N(c1ccccc1)c1ccccc1. The van der Waals surface area contributed by atoms with Crippen molar-refractivity contribution in [2.45, 2.75) is 0 Å². The van der Waals surface area contributed by atoms with Crippen molar-refractivity contribution >= 4 is 56.5 Å². The van der Waals surface area contributed by atoms with Crippen LogP contribution in [0.2, 0.25) is 0 Å². The summed E-state index contributed by atoms with van der Waals surface area (Å²) in [6.07, 6.45) is 2.11. The zero-order valence-electron chi connectivity index (χ0n) is 16.1. The number of carbonyl (C=O) groups is 1. The van der Waals surface area contributed by atoms with Gasteiger partial charge in [0.1, 0.15) is 11.0 Å². The molecule has 0 saturated carbocycles. The first-order chi connectivity index (χ1) is 14.8. The van der Waals surface area contributed by atoms with Crippen LogP contribution < -0.4 is 4.90 Å². The van der Waals surface area contributed by atoms with Crippen LogP contribution in [0.25, 0.3) is 16.6 Å². The standard InChI is InChI=1S/C24H19N3OS2/c28-23(27(19-8-3-1-4-9-19)20-10-5-2-6-11-20)17-30-15-14-18(16-30)21-12-7-13-22-24(21)26-29-25-22/h1-16,30H,17H2. The van der Waals surface area contributed by atoms with Gasteiger partial charge in [0.05, 0.1) is 17.5 Å². The number of allylic oxidation sites excluding steroid dienone is 2. The fraction of sp³-hybridized carbons (Fsp3) is 0.0417. The summed E-state index contributed by atoms with van der Waals surface area (Å²) < 4.78 is 8.78. The van der Waals surface area contributed by atoms with Gasteiger partial charge in [-0.2, -0.15) is 8.75 Å². The Labute approximate surface area is 181 Å². The molecular formula is C24H19N3OS2. The van der Waals surface area contributed by atoms with Gasteiger partial charge >= 0.3 is 0 Å². The second-order valence-corrected chi connectivity index (χ2v) is 9.34. The number of anilines is 2. The minimum absolute atomic E-state index is 0.0918. The summed E-state index contributed by atoms with van der Waals surface area (Å²) in [5.41, 5.74) is 5.81. The number of rotatable bonds is 5. The van der Waals surface area contributed by atoms with Crippen LogP contribution in [-0.4, -0.2) is 20.4 Å². The molecule has 1 unspecified atom stereocenters.